The molecule has 0 aliphatic rings. The molecule has 0 radical (unpaired) electrons. The summed E-state index contributed by atoms with van der Waals surface area (Å²) < 4.78 is 0. The molecule has 0 aliphatic carbocycles. The normalized spacial score (nSPS) is 14.0. The molecule has 0 spiro atoms. The average molecular weight is 595 g/mol. The highest BCUT2D eigenvalue weighted by Gasteiger charge is 2.30. The van der Waals surface area contributed by atoms with Crippen LogP contribution >= 0.6 is 24.4 Å². The number of H-pyrrole nitrogens is 1. The number of hydrogen-bond donors (Lipinski definition) is 9. The zero-order valence-corrected chi connectivity index (χ0v) is 24.0. The standard InChI is InChI=1S/C25H38N8O5S2/c1-40-10-8-16(26)21(34)33-20(13-39)23(36)31-18(7-4-9-29-25(27)28)22(35)32-19(24(37)38)11-14-12-30-17-6-3-2-5-15(14)17/h2-3,5-6,12,16,18-20,30,39H,4,7-11,13,26H2,1H3,(H,31,36)(H,32,35)(H,33,34)(H,37,38)(H4,27,28,29). The number of carboxylic acids is 1. The van der Waals surface area contributed by atoms with Gasteiger partial charge in [-0.1, -0.05) is 18.2 Å². The SMILES string of the molecule is CSCCC(N)C(=O)NC(CS)C(=O)NC(CCCN=C(N)N)C(=O)NC(Cc1c[nH]c2ccccc12)C(=O)O. The second-order valence-electron chi connectivity index (χ2n) is 9.10. The highest BCUT2D eigenvalue weighted by Crippen LogP contribution is 2.19. The molecule has 0 aliphatic heterocycles. The smallest absolute Gasteiger partial charge is 0.326 e. The Morgan fingerprint density at radius 3 is 2.33 bits per heavy atom. The first-order valence-electron chi connectivity index (χ1n) is 12.7. The number of aromatic nitrogens is 1. The maximum atomic E-state index is 13.3. The van der Waals surface area contributed by atoms with E-state index in [1.54, 1.807) is 18.0 Å². The molecule has 0 saturated carbocycles. The van der Waals surface area contributed by atoms with Crippen LogP contribution < -0.4 is 33.2 Å². The van der Waals surface area contributed by atoms with Crippen molar-refractivity contribution in [3.63, 3.8) is 0 Å². The maximum absolute atomic E-state index is 13.3. The van der Waals surface area contributed by atoms with Crippen molar-refractivity contribution in [3.8, 4) is 0 Å². The molecule has 2 aromatic rings. The lowest BCUT2D eigenvalue weighted by atomic mass is 10.0. The summed E-state index contributed by atoms with van der Waals surface area (Å²) in [5.41, 5.74) is 18.2. The summed E-state index contributed by atoms with van der Waals surface area (Å²) in [6, 6.07) is 3.15. The van der Waals surface area contributed by atoms with E-state index in [0.717, 1.165) is 10.9 Å². The average Bonchev–Trinajstić information content (AvgIpc) is 3.33. The second kappa shape index (κ2) is 16.6. The number of para-hydroxylation sites is 1. The molecule has 15 heteroatoms. The summed E-state index contributed by atoms with van der Waals surface area (Å²) >= 11 is 5.71. The van der Waals surface area contributed by atoms with Gasteiger partial charge in [0, 0.05) is 35.8 Å². The molecule has 3 amide bonds. The van der Waals surface area contributed by atoms with Gasteiger partial charge in [0.2, 0.25) is 17.7 Å². The fourth-order valence-corrected chi connectivity index (χ4v) is 4.63. The third kappa shape index (κ3) is 10.3. The topological polar surface area (TPSA) is 231 Å². The second-order valence-corrected chi connectivity index (χ2v) is 10.5. The Bertz CT molecular complexity index is 1190. The number of carbonyl (C=O) groups excluding carboxylic acids is 3. The number of fused-ring (bicyclic) bond motifs is 1. The molecule has 0 fully saturated rings. The molecule has 1 aromatic heterocycles. The van der Waals surface area contributed by atoms with Crippen LogP contribution in [-0.2, 0) is 25.6 Å². The van der Waals surface area contributed by atoms with Gasteiger partial charge in [-0.25, -0.2) is 4.79 Å². The Hall–Kier alpha value is -3.43. The monoisotopic (exact) mass is 594 g/mol. The van der Waals surface area contributed by atoms with Crippen LogP contribution in [0.15, 0.2) is 35.5 Å². The predicted molar refractivity (Wildman–Crippen MR) is 160 cm³/mol. The first-order chi connectivity index (χ1) is 19.1. The van der Waals surface area contributed by atoms with Gasteiger partial charge in [0.25, 0.3) is 0 Å². The number of amides is 3. The van der Waals surface area contributed by atoms with Gasteiger partial charge >= 0.3 is 5.97 Å². The van der Waals surface area contributed by atoms with Crippen LogP contribution in [-0.4, -0.2) is 88.2 Å². The van der Waals surface area contributed by atoms with Crippen molar-refractivity contribution in [1.82, 2.24) is 20.9 Å². The van der Waals surface area contributed by atoms with E-state index in [1.807, 2.05) is 30.5 Å². The summed E-state index contributed by atoms with van der Waals surface area (Å²) in [6.45, 7) is 0.191. The number of thioether (sulfide) groups is 1. The summed E-state index contributed by atoms with van der Waals surface area (Å²) in [6.07, 6.45) is 4.45. The summed E-state index contributed by atoms with van der Waals surface area (Å²) in [5.74, 6) is -2.60. The quantitative estimate of drug-likeness (QED) is 0.0488. The molecular weight excluding hydrogens is 556 g/mol. The van der Waals surface area contributed by atoms with Crippen LogP contribution in [0.3, 0.4) is 0 Å². The van der Waals surface area contributed by atoms with Gasteiger partial charge in [-0.15, -0.1) is 0 Å². The van der Waals surface area contributed by atoms with Gasteiger partial charge in [0.05, 0.1) is 6.04 Å². The number of carboxylic acid groups (broad SMARTS) is 1. The molecule has 11 N–H and O–H groups in total. The molecule has 220 valence electrons. The maximum Gasteiger partial charge on any atom is 0.326 e. The lowest BCUT2D eigenvalue weighted by Gasteiger charge is -2.24. The van der Waals surface area contributed by atoms with E-state index < -0.39 is 47.9 Å². The number of benzene rings is 1. The van der Waals surface area contributed by atoms with Crippen LogP contribution in [0.1, 0.15) is 24.8 Å². The molecule has 0 saturated heterocycles. The van der Waals surface area contributed by atoms with Gasteiger partial charge in [-0.2, -0.15) is 24.4 Å². The minimum atomic E-state index is -1.27. The number of nitrogens with one attached hydrogen (secondary N) is 4. The highest BCUT2D eigenvalue weighted by molar-refractivity contribution is 7.98. The Labute approximate surface area is 242 Å². The van der Waals surface area contributed by atoms with E-state index in [2.05, 4.69) is 38.6 Å². The number of aromatic amines is 1. The van der Waals surface area contributed by atoms with Crippen LogP contribution in [0, 0.1) is 0 Å². The van der Waals surface area contributed by atoms with E-state index in [4.69, 9.17) is 17.2 Å². The van der Waals surface area contributed by atoms with E-state index in [1.165, 1.54) is 0 Å². The molecule has 1 heterocycles. The number of aliphatic imine (C=N–C) groups is 1. The third-order valence-electron chi connectivity index (χ3n) is 6.08. The van der Waals surface area contributed by atoms with E-state index in [-0.39, 0.29) is 31.1 Å². The van der Waals surface area contributed by atoms with Crippen LogP contribution in [0.5, 0.6) is 0 Å². The fraction of sp³-hybridized carbons (Fsp3) is 0.480. The Balaban J connectivity index is 2.15. The fourth-order valence-electron chi connectivity index (χ4n) is 3.89. The van der Waals surface area contributed by atoms with Gasteiger partial charge < -0.3 is 43.2 Å². The van der Waals surface area contributed by atoms with Crippen LogP contribution in [0.4, 0.5) is 0 Å². The van der Waals surface area contributed by atoms with E-state index >= 15 is 0 Å². The van der Waals surface area contributed by atoms with Gasteiger partial charge in [-0.3, -0.25) is 19.4 Å². The molecule has 13 nitrogen and oxygen atoms in total. The Morgan fingerprint density at radius 2 is 1.68 bits per heavy atom. The molecule has 0 bridgehead atoms. The van der Waals surface area contributed by atoms with E-state index in [0.29, 0.717) is 24.2 Å². The summed E-state index contributed by atoms with van der Waals surface area (Å²) in [4.78, 5) is 57.8. The lowest BCUT2D eigenvalue weighted by molar-refractivity contribution is -0.142. The first kappa shape index (κ1) is 32.8. The molecule has 2 rings (SSSR count). The number of carbonyl (C=O) groups is 4. The minimum absolute atomic E-state index is 0.0169. The van der Waals surface area contributed by atoms with Crippen molar-refractivity contribution in [2.24, 2.45) is 22.2 Å². The van der Waals surface area contributed by atoms with Crippen molar-refractivity contribution in [2.75, 3.05) is 24.3 Å². The van der Waals surface area contributed by atoms with Crippen molar-refractivity contribution in [3.05, 3.63) is 36.0 Å². The number of rotatable bonds is 17. The molecule has 4 atom stereocenters. The van der Waals surface area contributed by atoms with Gasteiger partial charge in [0.15, 0.2) is 5.96 Å². The number of thiol groups is 1. The van der Waals surface area contributed by atoms with Gasteiger partial charge in [0.1, 0.15) is 18.1 Å². The zero-order chi connectivity index (χ0) is 29.7. The van der Waals surface area contributed by atoms with Crippen molar-refractivity contribution in [1.29, 1.82) is 0 Å². The highest BCUT2D eigenvalue weighted by atomic mass is 32.2. The molecule has 1 aromatic carbocycles. The lowest BCUT2D eigenvalue weighted by Crippen LogP contribution is -2.57. The van der Waals surface area contributed by atoms with E-state index in [9.17, 15) is 24.3 Å². The van der Waals surface area contributed by atoms with Crippen molar-refractivity contribution in [2.45, 2.75) is 49.9 Å². The van der Waals surface area contributed by atoms with Crippen LogP contribution in [0.25, 0.3) is 10.9 Å². The zero-order valence-electron chi connectivity index (χ0n) is 22.3. The number of hydrogen-bond acceptors (Lipinski definition) is 8. The minimum Gasteiger partial charge on any atom is -0.480 e. The summed E-state index contributed by atoms with van der Waals surface area (Å²) in [7, 11) is 0. The number of nitrogens with two attached hydrogens (primary N) is 3. The summed E-state index contributed by atoms with van der Waals surface area (Å²) in [5, 5.41) is 18.4. The molecule has 40 heavy (non-hydrogen) atoms. The number of aliphatic carboxylic acids is 1. The molecular formula is C25H38N8O5S2. The van der Waals surface area contributed by atoms with Crippen molar-refractivity contribution >= 4 is 64.9 Å². The third-order valence-corrected chi connectivity index (χ3v) is 7.09. The first-order valence-corrected chi connectivity index (χ1v) is 14.7. The largest absolute Gasteiger partial charge is 0.480 e. The van der Waals surface area contributed by atoms with Crippen LogP contribution in [0.2, 0.25) is 0 Å². The number of nitrogens with zero attached hydrogens (tertiary/aromatic N) is 1. The Morgan fingerprint density at radius 1 is 1.02 bits per heavy atom. The molecule has 4 unspecified atom stereocenters. The van der Waals surface area contributed by atoms with Crippen molar-refractivity contribution < 1.29 is 24.3 Å². The Kier molecular flexibility index (Phi) is 13.6. The number of guanidine groups is 1. The van der Waals surface area contributed by atoms with Gasteiger partial charge in [-0.05, 0) is 42.9 Å². The predicted octanol–water partition coefficient (Wildman–Crippen LogP) is -0.687.